The van der Waals surface area contributed by atoms with Gasteiger partial charge in [-0.25, -0.2) is 0 Å². The highest BCUT2D eigenvalue weighted by molar-refractivity contribution is 5.77. The number of carbonyl (C=O) groups excluding carboxylic acids is 1. The van der Waals surface area contributed by atoms with Crippen molar-refractivity contribution in [1.82, 2.24) is 10.2 Å². The normalized spacial score (nSPS) is 30.2. The summed E-state index contributed by atoms with van der Waals surface area (Å²) in [6, 6.07) is 0. The Bertz CT molecular complexity index is 329. The van der Waals surface area contributed by atoms with Gasteiger partial charge in [-0.2, -0.15) is 0 Å². The summed E-state index contributed by atoms with van der Waals surface area (Å²) in [5.74, 6) is 0.190. The van der Waals surface area contributed by atoms with Crippen LogP contribution in [0.25, 0.3) is 0 Å². The maximum absolute atomic E-state index is 12.6. The molecule has 0 spiro atoms. The van der Waals surface area contributed by atoms with Crippen LogP contribution < -0.4 is 5.32 Å². The van der Waals surface area contributed by atoms with Crippen LogP contribution in [-0.4, -0.2) is 60.4 Å². The summed E-state index contributed by atoms with van der Waals surface area (Å²) in [5, 5.41) is 12.6. The third-order valence-electron chi connectivity index (χ3n) is 4.71. The van der Waals surface area contributed by atoms with Gasteiger partial charge in [-0.05, 0) is 26.8 Å². The summed E-state index contributed by atoms with van der Waals surface area (Å²) < 4.78 is 5.60. The molecule has 0 aromatic heterocycles. The number of amides is 1. The molecule has 1 saturated carbocycles. The van der Waals surface area contributed by atoms with Crippen molar-refractivity contribution >= 4 is 5.91 Å². The van der Waals surface area contributed by atoms with Crippen LogP contribution in [0, 0.1) is 0 Å². The number of nitrogens with one attached hydrogen (secondary N) is 1. The topological polar surface area (TPSA) is 61.8 Å². The predicted molar refractivity (Wildman–Crippen MR) is 77.5 cm³/mol. The van der Waals surface area contributed by atoms with Crippen LogP contribution in [0.1, 0.15) is 45.4 Å². The van der Waals surface area contributed by atoms with Crippen LogP contribution in [0.5, 0.6) is 0 Å². The number of rotatable bonds is 4. The largest absolute Gasteiger partial charge is 0.394 e. The summed E-state index contributed by atoms with van der Waals surface area (Å²) in [7, 11) is 1.97. The van der Waals surface area contributed by atoms with Crippen molar-refractivity contribution in [3.05, 3.63) is 0 Å². The molecule has 0 radical (unpaired) electrons. The summed E-state index contributed by atoms with van der Waals surface area (Å²) in [6.45, 7) is 3.08. The van der Waals surface area contributed by atoms with Crippen molar-refractivity contribution in [2.75, 3.05) is 26.7 Å². The number of aliphatic hydroxyl groups excluding tert-OH is 1. The molecule has 2 aliphatic rings. The zero-order valence-electron chi connectivity index (χ0n) is 12.7. The molecular formula is C15H28N2O3. The molecule has 2 N–H and O–H groups in total. The average molecular weight is 284 g/mol. The Kier molecular flexibility index (Phi) is 5.41. The van der Waals surface area contributed by atoms with E-state index in [0.29, 0.717) is 19.5 Å². The first-order chi connectivity index (χ1) is 9.58. The molecule has 2 unspecified atom stereocenters. The van der Waals surface area contributed by atoms with E-state index in [-0.39, 0.29) is 30.3 Å². The lowest BCUT2D eigenvalue weighted by molar-refractivity contribution is -0.148. The van der Waals surface area contributed by atoms with Gasteiger partial charge in [-0.3, -0.25) is 4.79 Å². The molecule has 2 fully saturated rings. The quantitative estimate of drug-likeness (QED) is 0.805. The number of morpholine rings is 1. The maximum atomic E-state index is 12.6. The SMILES string of the molecule is CNC1(CC(=O)N2CC(C)OC(CO)C2)CCCCC1. The summed E-state index contributed by atoms with van der Waals surface area (Å²) in [5.41, 5.74) is -0.0222. The molecule has 1 aliphatic heterocycles. The highest BCUT2D eigenvalue weighted by atomic mass is 16.5. The van der Waals surface area contributed by atoms with Gasteiger partial charge >= 0.3 is 0 Å². The van der Waals surface area contributed by atoms with Gasteiger partial charge in [0, 0.05) is 25.0 Å². The van der Waals surface area contributed by atoms with E-state index < -0.39 is 0 Å². The second-order valence-electron chi connectivity index (χ2n) is 6.32. The molecule has 5 nitrogen and oxygen atoms in total. The van der Waals surface area contributed by atoms with Gasteiger partial charge in [0.05, 0.1) is 18.8 Å². The average Bonchev–Trinajstić information content (AvgIpc) is 2.47. The summed E-state index contributed by atoms with van der Waals surface area (Å²) in [6.07, 6.45) is 6.17. The van der Waals surface area contributed by atoms with Crippen molar-refractivity contribution < 1.29 is 14.6 Å². The van der Waals surface area contributed by atoms with Crippen LogP contribution in [0.2, 0.25) is 0 Å². The predicted octanol–water partition coefficient (Wildman–Crippen LogP) is 0.907. The Morgan fingerprint density at radius 1 is 1.35 bits per heavy atom. The fourth-order valence-corrected chi connectivity index (χ4v) is 3.49. The number of hydrogen-bond acceptors (Lipinski definition) is 4. The third kappa shape index (κ3) is 3.71. The van der Waals surface area contributed by atoms with Gasteiger partial charge in [0.2, 0.25) is 5.91 Å². The van der Waals surface area contributed by atoms with Crippen molar-refractivity contribution in [2.24, 2.45) is 0 Å². The molecule has 2 rings (SSSR count). The number of hydrogen-bond donors (Lipinski definition) is 2. The molecule has 1 amide bonds. The van der Waals surface area contributed by atoms with Gasteiger partial charge in [0.25, 0.3) is 0 Å². The van der Waals surface area contributed by atoms with E-state index in [1.807, 2.05) is 18.9 Å². The highest BCUT2D eigenvalue weighted by Crippen LogP contribution is 2.31. The molecule has 0 aromatic carbocycles. The van der Waals surface area contributed by atoms with Gasteiger partial charge in [-0.1, -0.05) is 19.3 Å². The second kappa shape index (κ2) is 6.87. The fraction of sp³-hybridized carbons (Fsp3) is 0.933. The Morgan fingerprint density at radius 2 is 2.05 bits per heavy atom. The van der Waals surface area contributed by atoms with Gasteiger partial charge in [0.15, 0.2) is 0 Å². The monoisotopic (exact) mass is 284 g/mol. The van der Waals surface area contributed by atoms with E-state index in [1.54, 1.807) is 0 Å². The van der Waals surface area contributed by atoms with E-state index in [1.165, 1.54) is 19.3 Å². The van der Waals surface area contributed by atoms with Crippen LogP contribution in [0.4, 0.5) is 0 Å². The molecule has 116 valence electrons. The van der Waals surface area contributed by atoms with Crippen LogP contribution in [-0.2, 0) is 9.53 Å². The first kappa shape index (κ1) is 15.7. The fourth-order valence-electron chi connectivity index (χ4n) is 3.49. The number of nitrogens with zero attached hydrogens (tertiary/aromatic N) is 1. The van der Waals surface area contributed by atoms with E-state index in [4.69, 9.17) is 4.74 Å². The van der Waals surface area contributed by atoms with Gasteiger partial charge < -0.3 is 20.1 Å². The molecule has 0 aromatic rings. The summed E-state index contributed by atoms with van der Waals surface area (Å²) in [4.78, 5) is 14.5. The molecule has 2 atom stereocenters. The molecular weight excluding hydrogens is 256 g/mol. The molecule has 1 saturated heterocycles. The van der Waals surface area contributed by atoms with Crippen LogP contribution in [0.15, 0.2) is 0 Å². The minimum absolute atomic E-state index is 0.00161. The maximum Gasteiger partial charge on any atom is 0.224 e. The Labute approximate surface area is 121 Å². The minimum Gasteiger partial charge on any atom is -0.394 e. The first-order valence-electron chi connectivity index (χ1n) is 7.81. The standard InChI is InChI=1S/C15H28N2O3/c1-12-9-17(10-13(11-18)20-12)14(19)8-15(16-2)6-4-3-5-7-15/h12-13,16,18H,3-11H2,1-2H3. The Balaban J connectivity index is 1.95. The van der Waals surface area contributed by atoms with Crippen LogP contribution in [0.3, 0.4) is 0 Å². The highest BCUT2D eigenvalue weighted by Gasteiger charge is 2.36. The third-order valence-corrected chi connectivity index (χ3v) is 4.71. The lowest BCUT2D eigenvalue weighted by Gasteiger charge is -2.41. The smallest absolute Gasteiger partial charge is 0.224 e. The lowest BCUT2D eigenvalue weighted by atomic mass is 9.79. The van der Waals surface area contributed by atoms with Gasteiger partial charge in [-0.15, -0.1) is 0 Å². The number of aliphatic hydroxyl groups is 1. The van der Waals surface area contributed by atoms with E-state index >= 15 is 0 Å². The molecule has 0 bridgehead atoms. The molecule has 20 heavy (non-hydrogen) atoms. The zero-order valence-corrected chi connectivity index (χ0v) is 12.7. The van der Waals surface area contributed by atoms with Gasteiger partial charge in [0.1, 0.15) is 0 Å². The zero-order chi connectivity index (χ0) is 14.6. The number of carbonyl (C=O) groups is 1. The Hall–Kier alpha value is -0.650. The van der Waals surface area contributed by atoms with Crippen molar-refractivity contribution in [3.63, 3.8) is 0 Å². The van der Waals surface area contributed by atoms with Crippen molar-refractivity contribution in [3.8, 4) is 0 Å². The van der Waals surface area contributed by atoms with E-state index in [0.717, 1.165) is 12.8 Å². The van der Waals surface area contributed by atoms with Crippen molar-refractivity contribution in [1.29, 1.82) is 0 Å². The van der Waals surface area contributed by atoms with E-state index in [2.05, 4.69) is 5.32 Å². The lowest BCUT2D eigenvalue weighted by Crippen LogP contribution is -2.54. The van der Waals surface area contributed by atoms with E-state index in [9.17, 15) is 9.90 Å². The molecule has 5 heteroatoms. The van der Waals surface area contributed by atoms with Crippen molar-refractivity contribution in [2.45, 2.75) is 63.2 Å². The number of ether oxygens (including phenoxy) is 1. The minimum atomic E-state index is -0.236. The summed E-state index contributed by atoms with van der Waals surface area (Å²) >= 11 is 0. The first-order valence-corrected chi connectivity index (χ1v) is 7.81. The molecule has 1 aliphatic carbocycles. The molecule has 1 heterocycles. The second-order valence-corrected chi connectivity index (χ2v) is 6.32. The Morgan fingerprint density at radius 3 is 2.65 bits per heavy atom. The van der Waals surface area contributed by atoms with Crippen LogP contribution >= 0.6 is 0 Å².